The number of hydrogen-bond donors (Lipinski definition) is 1. The molecule has 10 heteroatoms. The van der Waals surface area contributed by atoms with Gasteiger partial charge in [-0.2, -0.15) is 4.31 Å². The highest BCUT2D eigenvalue weighted by Gasteiger charge is 2.51. The summed E-state index contributed by atoms with van der Waals surface area (Å²) >= 11 is 5.98. The minimum Gasteiger partial charge on any atom is -0.351 e. The van der Waals surface area contributed by atoms with Gasteiger partial charge < -0.3 is 5.32 Å². The van der Waals surface area contributed by atoms with Crippen molar-refractivity contribution >= 4 is 27.5 Å². The molecule has 162 valence electrons. The smallest absolute Gasteiger partial charge is 0.264 e. The van der Waals surface area contributed by atoms with E-state index in [2.05, 4.69) is 15.6 Å². The summed E-state index contributed by atoms with van der Waals surface area (Å²) in [6.45, 7) is 5.49. The van der Waals surface area contributed by atoms with Crippen molar-refractivity contribution in [2.45, 2.75) is 44.7 Å². The fourth-order valence-electron chi connectivity index (χ4n) is 4.05. The summed E-state index contributed by atoms with van der Waals surface area (Å²) in [5.74, 6) is 0.455. The molecule has 1 aliphatic heterocycles. The van der Waals surface area contributed by atoms with Crippen LogP contribution in [0.15, 0.2) is 29.4 Å². The van der Waals surface area contributed by atoms with Gasteiger partial charge in [0.05, 0.1) is 6.20 Å². The van der Waals surface area contributed by atoms with Gasteiger partial charge in [0, 0.05) is 42.2 Å². The van der Waals surface area contributed by atoms with Crippen LogP contribution in [0.1, 0.15) is 42.1 Å². The lowest BCUT2D eigenvalue weighted by atomic mass is 9.76. The standard InChI is InChI=1S/C20H26ClN5O3S/c1-3-25-10-18(23-24-25)30(28,29)26-12-20(13-26,9-15-4-5-15)11-22-19(27)17-7-6-16(21)8-14(17)2/h6-8,10,15H,3-5,9,11-13H2,1-2H3,(H,22,27). The topological polar surface area (TPSA) is 97.2 Å². The molecule has 2 fully saturated rings. The lowest BCUT2D eigenvalue weighted by Crippen LogP contribution is -2.62. The summed E-state index contributed by atoms with van der Waals surface area (Å²) in [6, 6.07) is 5.18. The number of amides is 1. The largest absolute Gasteiger partial charge is 0.351 e. The van der Waals surface area contributed by atoms with Crippen LogP contribution >= 0.6 is 11.6 Å². The Labute approximate surface area is 181 Å². The number of carbonyl (C=O) groups is 1. The van der Waals surface area contributed by atoms with E-state index < -0.39 is 10.0 Å². The SMILES string of the molecule is CCn1cc(S(=O)(=O)N2CC(CNC(=O)c3ccc(Cl)cc3C)(CC3CC3)C2)nn1. The number of sulfonamides is 1. The van der Waals surface area contributed by atoms with Crippen LogP contribution in [0.3, 0.4) is 0 Å². The molecule has 0 spiro atoms. The van der Waals surface area contributed by atoms with Crippen molar-refractivity contribution in [2.24, 2.45) is 11.3 Å². The van der Waals surface area contributed by atoms with Crippen LogP contribution in [-0.4, -0.2) is 53.3 Å². The monoisotopic (exact) mass is 451 g/mol. The van der Waals surface area contributed by atoms with Gasteiger partial charge in [-0.05, 0) is 49.9 Å². The van der Waals surface area contributed by atoms with E-state index in [0.29, 0.717) is 42.7 Å². The molecular formula is C20H26ClN5O3S. The molecule has 0 atom stereocenters. The molecule has 1 N–H and O–H groups in total. The molecule has 1 aliphatic carbocycles. The van der Waals surface area contributed by atoms with Crippen LogP contribution in [0, 0.1) is 18.3 Å². The Bertz CT molecular complexity index is 1060. The van der Waals surface area contributed by atoms with E-state index >= 15 is 0 Å². The third kappa shape index (κ3) is 4.24. The van der Waals surface area contributed by atoms with Gasteiger partial charge in [-0.25, -0.2) is 8.42 Å². The fourth-order valence-corrected chi connectivity index (χ4v) is 5.82. The van der Waals surface area contributed by atoms with Gasteiger partial charge in [-0.3, -0.25) is 9.48 Å². The van der Waals surface area contributed by atoms with E-state index in [4.69, 9.17) is 11.6 Å². The number of carbonyl (C=O) groups excluding carboxylic acids is 1. The van der Waals surface area contributed by atoms with Gasteiger partial charge in [-0.15, -0.1) is 5.10 Å². The fraction of sp³-hybridized carbons (Fsp3) is 0.550. The Balaban J connectivity index is 1.44. The quantitative estimate of drug-likeness (QED) is 0.665. The molecule has 2 aliphatic rings. The van der Waals surface area contributed by atoms with E-state index in [0.717, 1.165) is 12.0 Å². The first kappa shape index (κ1) is 21.3. The molecule has 1 amide bonds. The summed E-state index contributed by atoms with van der Waals surface area (Å²) < 4.78 is 28.7. The number of benzene rings is 1. The highest BCUT2D eigenvalue weighted by atomic mass is 35.5. The highest BCUT2D eigenvalue weighted by molar-refractivity contribution is 7.89. The molecule has 2 aromatic rings. The van der Waals surface area contributed by atoms with Crippen LogP contribution in [0.4, 0.5) is 0 Å². The van der Waals surface area contributed by atoms with Crippen molar-refractivity contribution in [1.29, 1.82) is 0 Å². The maximum Gasteiger partial charge on any atom is 0.264 e. The van der Waals surface area contributed by atoms with Gasteiger partial charge >= 0.3 is 0 Å². The predicted octanol–water partition coefficient (Wildman–Crippen LogP) is 2.48. The van der Waals surface area contributed by atoms with Gasteiger partial charge in [0.2, 0.25) is 5.03 Å². The van der Waals surface area contributed by atoms with Crippen LogP contribution in [0.2, 0.25) is 5.02 Å². The molecule has 4 rings (SSSR count). The number of rotatable bonds is 8. The summed E-state index contributed by atoms with van der Waals surface area (Å²) in [4.78, 5) is 12.7. The van der Waals surface area contributed by atoms with Crippen molar-refractivity contribution in [1.82, 2.24) is 24.6 Å². The molecule has 30 heavy (non-hydrogen) atoms. The Kier molecular flexibility index (Phi) is 5.63. The van der Waals surface area contributed by atoms with Crippen LogP contribution in [0.5, 0.6) is 0 Å². The van der Waals surface area contributed by atoms with Gasteiger partial charge in [-0.1, -0.05) is 29.7 Å². The number of nitrogens with zero attached hydrogens (tertiary/aromatic N) is 4. The zero-order valence-electron chi connectivity index (χ0n) is 17.1. The molecule has 1 aromatic carbocycles. The van der Waals surface area contributed by atoms with Crippen molar-refractivity contribution in [2.75, 3.05) is 19.6 Å². The molecule has 2 heterocycles. The first-order valence-electron chi connectivity index (χ1n) is 10.2. The van der Waals surface area contributed by atoms with Crippen molar-refractivity contribution < 1.29 is 13.2 Å². The molecule has 1 saturated heterocycles. The molecule has 0 bridgehead atoms. The van der Waals surface area contributed by atoms with E-state index in [-0.39, 0.29) is 16.3 Å². The lowest BCUT2D eigenvalue weighted by molar-refractivity contribution is 0.0505. The Hall–Kier alpha value is -1.97. The van der Waals surface area contributed by atoms with E-state index in [9.17, 15) is 13.2 Å². The second kappa shape index (κ2) is 7.94. The second-order valence-corrected chi connectivity index (χ2v) is 10.8. The maximum atomic E-state index is 12.9. The molecular weight excluding hydrogens is 426 g/mol. The summed E-state index contributed by atoms with van der Waals surface area (Å²) in [5.41, 5.74) is 1.15. The Morgan fingerprint density at radius 1 is 1.33 bits per heavy atom. The van der Waals surface area contributed by atoms with Crippen molar-refractivity contribution in [3.05, 3.63) is 40.5 Å². The van der Waals surface area contributed by atoms with Gasteiger partial charge in [0.15, 0.2) is 0 Å². The normalized spacial score (nSPS) is 18.8. The minimum atomic E-state index is -3.67. The summed E-state index contributed by atoms with van der Waals surface area (Å²) in [6.07, 6.45) is 4.72. The Morgan fingerprint density at radius 2 is 2.07 bits per heavy atom. The van der Waals surface area contributed by atoms with Crippen molar-refractivity contribution in [3.8, 4) is 0 Å². The van der Waals surface area contributed by atoms with Crippen molar-refractivity contribution in [3.63, 3.8) is 0 Å². The zero-order chi connectivity index (χ0) is 21.5. The molecule has 1 saturated carbocycles. The van der Waals surface area contributed by atoms with E-state index in [1.807, 2.05) is 13.8 Å². The number of aromatic nitrogens is 3. The highest BCUT2D eigenvalue weighted by Crippen LogP contribution is 2.46. The average Bonchev–Trinajstić information content (AvgIpc) is 3.34. The average molecular weight is 452 g/mol. The number of hydrogen-bond acceptors (Lipinski definition) is 5. The third-order valence-corrected chi connectivity index (χ3v) is 7.83. The maximum absolute atomic E-state index is 12.9. The first-order chi connectivity index (χ1) is 14.2. The Morgan fingerprint density at radius 3 is 2.67 bits per heavy atom. The number of halogens is 1. The van der Waals surface area contributed by atoms with Crippen LogP contribution in [-0.2, 0) is 16.6 Å². The number of nitrogens with one attached hydrogen (secondary N) is 1. The third-order valence-electron chi connectivity index (χ3n) is 5.94. The first-order valence-corrected chi connectivity index (χ1v) is 12.0. The van der Waals surface area contributed by atoms with Crippen LogP contribution < -0.4 is 5.32 Å². The molecule has 0 unspecified atom stereocenters. The predicted molar refractivity (Wildman–Crippen MR) is 113 cm³/mol. The molecule has 0 radical (unpaired) electrons. The lowest BCUT2D eigenvalue weighted by Gasteiger charge is -2.49. The summed E-state index contributed by atoms with van der Waals surface area (Å²) in [7, 11) is -3.67. The van der Waals surface area contributed by atoms with Gasteiger partial charge in [0.25, 0.3) is 15.9 Å². The zero-order valence-corrected chi connectivity index (χ0v) is 18.7. The molecule has 8 nitrogen and oxygen atoms in total. The van der Waals surface area contributed by atoms with Gasteiger partial charge in [0.1, 0.15) is 0 Å². The van der Waals surface area contributed by atoms with Crippen LogP contribution in [0.25, 0.3) is 0 Å². The summed E-state index contributed by atoms with van der Waals surface area (Å²) in [5, 5.41) is 11.2. The minimum absolute atomic E-state index is 0.0230. The second-order valence-electron chi connectivity index (χ2n) is 8.47. The van der Waals surface area contributed by atoms with E-state index in [1.165, 1.54) is 28.0 Å². The molecule has 1 aromatic heterocycles. The van der Waals surface area contributed by atoms with E-state index in [1.54, 1.807) is 18.2 Å². The number of aryl methyl sites for hydroxylation is 2.